The molecule has 0 spiro atoms. The molecule has 0 bridgehead atoms. The number of benzene rings is 3. The maximum absolute atomic E-state index is 6.56. The van der Waals surface area contributed by atoms with Crippen LogP contribution >= 0.6 is 0 Å². The molecule has 218 valence electrons. The lowest BCUT2D eigenvalue weighted by molar-refractivity contribution is 0.462. The summed E-state index contributed by atoms with van der Waals surface area (Å²) in [6.07, 6.45) is 3.96. The van der Waals surface area contributed by atoms with E-state index in [0.717, 1.165) is 61.7 Å². The summed E-state index contributed by atoms with van der Waals surface area (Å²) in [6.45, 7) is 15.4. The van der Waals surface area contributed by atoms with Crippen LogP contribution in [0.15, 0.2) is 89.6 Å². The van der Waals surface area contributed by atoms with Crippen molar-refractivity contribution in [2.24, 2.45) is 0 Å². The number of furan rings is 1. The van der Waals surface area contributed by atoms with Gasteiger partial charge in [-0.2, -0.15) is 0 Å². The summed E-state index contributed by atoms with van der Waals surface area (Å²) >= 11 is 0. The second-order valence-electron chi connectivity index (χ2n) is 13.7. The maximum Gasteiger partial charge on any atom is 0.137 e. The van der Waals surface area contributed by atoms with Gasteiger partial charge in [-0.3, -0.25) is 9.55 Å². The summed E-state index contributed by atoms with van der Waals surface area (Å²) < 4.78 is 15.3. The largest absolute Gasteiger partial charge is 0.459 e. The van der Waals surface area contributed by atoms with Crippen LogP contribution in [0.25, 0.3) is 49.9 Å². The number of para-hydroxylation sites is 1. The van der Waals surface area contributed by atoms with E-state index in [9.17, 15) is 0 Å². The van der Waals surface area contributed by atoms with Gasteiger partial charge >= 0.3 is 0 Å². The Hall–Kier alpha value is -4.90. The minimum absolute atomic E-state index is 0.0199. The number of rotatable bonds is 3. The van der Waals surface area contributed by atoms with Crippen molar-refractivity contribution in [2.75, 3.05) is 0 Å². The van der Waals surface area contributed by atoms with Gasteiger partial charge in [0.05, 0.1) is 27.7 Å². The molecular formula is C39H35N3O2. The fraction of sp³-hybridized carbons (Fsp3) is 0.231. The Morgan fingerprint density at radius 1 is 0.750 bits per heavy atom. The van der Waals surface area contributed by atoms with Crippen LogP contribution < -0.4 is 4.74 Å². The molecule has 3 aromatic carbocycles. The monoisotopic (exact) mass is 577 g/mol. The average molecular weight is 578 g/mol. The van der Waals surface area contributed by atoms with Crippen LogP contribution in [-0.4, -0.2) is 14.5 Å². The van der Waals surface area contributed by atoms with Crippen LogP contribution in [0.3, 0.4) is 0 Å². The van der Waals surface area contributed by atoms with Crippen LogP contribution in [0, 0.1) is 13.8 Å². The third kappa shape index (κ3) is 3.85. The van der Waals surface area contributed by atoms with E-state index in [0.29, 0.717) is 0 Å². The van der Waals surface area contributed by atoms with E-state index in [1.165, 1.54) is 27.6 Å². The standard InChI is InChI=1S/C39H35N3O2/c1-22-16-34(40-20-23(22)2)42-31-11-9-8-10-27(31)28-14-12-26(19-32(28)42)43-25-13-15-33-29(18-25)35-36-30(39(6,7)37(35)44-33)17-24(21-41-36)38(3,4)5/h8-21H,1-7H3. The highest BCUT2D eigenvalue weighted by Crippen LogP contribution is 2.53. The number of nitrogens with zero attached hydrogens (tertiary/aromatic N) is 3. The molecule has 0 unspecified atom stereocenters. The lowest BCUT2D eigenvalue weighted by Gasteiger charge is -2.23. The third-order valence-corrected chi connectivity index (χ3v) is 9.36. The molecule has 7 aromatic rings. The van der Waals surface area contributed by atoms with Gasteiger partial charge in [0.25, 0.3) is 0 Å². The predicted octanol–water partition coefficient (Wildman–Crippen LogP) is 10.3. The summed E-state index contributed by atoms with van der Waals surface area (Å²) in [6, 6.07) is 25.3. The topological polar surface area (TPSA) is 53.1 Å². The van der Waals surface area contributed by atoms with E-state index in [1.807, 2.05) is 30.6 Å². The van der Waals surface area contributed by atoms with E-state index in [1.54, 1.807) is 0 Å². The van der Waals surface area contributed by atoms with Gasteiger partial charge in [0.2, 0.25) is 0 Å². The first-order chi connectivity index (χ1) is 21.0. The zero-order valence-corrected chi connectivity index (χ0v) is 26.2. The molecular weight excluding hydrogens is 542 g/mol. The zero-order valence-electron chi connectivity index (χ0n) is 26.2. The second-order valence-corrected chi connectivity index (χ2v) is 13.7. The Balaban J connectivity index is 1.24. The van der Waals surface area contributed by atoms with Crippen LogP contribution in [0.2, 0.25) is 0 Å². The SMILES string of the molecule is Cc1cnc(-n2c3ccccc3c3ccc(Oc4ccc5oc6c(c5c4)-c4ncc(C(C)(C)C)cc4C6(C)C)cc32)cc1C. The van der Waals surface area contributed by atoms with E-state index >= 15 is 0 Å². The Morgan fingerprint density at radius 2 is 1.50 bits per heavy atom. The molecule has 44 heavy (non-hydrogen) atoms. The maximum atomic E-state index is 6.56. The van der Waals surface area contributed by atoms with Crippen molar-refractivity contribution in [3.8, 4) is 28.6 Å². The van der Waals surface area contributed by atoms with Gasteiger partial charge in [-0.05, 0) is 97.8 Å². The van der Waals surface area contributed by atoms with E-state index in [4.69, 9.17) is 19.1 Å². The quantitative estimate of drug-likeness (QED) is 0.210. The van der Waals surface area contributed by atoms with Crippen molar-refractivity contribution >= 4 is 32.8 Å². The Labute approximate surface area is 257 Å². The highest BCUT2D eigenvalue weighted by Gasteiger charge is 2.42. The Morgan fingerprint density at radius 3 is 2.30 bits per heavy atom. The smallest absolute Gasteiger partial charge is 0.137 e. The summed E-state index contributed by atoms with van der Waals surface area (Å²) in [5.74, 6) is 3.38. The summed E-state index contributed by atoms with van der Waals surface area (Å²) in [4.78, 5) is 9.81. The van der Waals surface area contributed by atoms with Crippen LogP contribution in [0.5, 0.6) is 11.5 Å². The molecule has 1 aliphatic carbocycles. The second kappa shape index (κ2) is 9.06. The van der Waals surface area contributed by atoms with Crippen molar-refractivity contribution in [1.29, 1.82) is 0 Å². The first-order valence-corrected chi connectivity index (χ1v) is 15.2. The van der Waals surface area contributed by atoms with Gasteiger partial charge in [-0.15, -0.1) is 0 Å². The number of ether oxygens (including phenoxy) is 1. The van der Waals surface area contributed by atoms with Crippen LogP contribution in [0.4, 0.5) is 0 Å². The molecule has 1 aliphatic rings. The molecule has 0 amide bonds. The average Bonchev–Trinajstić information content (AvgIpc) is 3.60. The van der Waals surface area contributed by atoms with Crippen molar-refractivity contribution in [3.05, 3.63) is 113 Å². The molecule has 5 heteroatoms. The van der Waals surface area contributed by atoms with Crippen molar-refractivity contribution in [2.45, 2.75) is 59.3 Å². The number of aryl methyl sites for hydroxylation is 2. The lowest BCUT2D eigenvalue weighted by Crippen LogP contribution is -2.18. The highest BCUT2D eigenvalue weighted by molar-refractivity contribution is 6.09. The number of pyridine rings is 2. The highest BCUT2D eigenvalue weighted by atomic mass is 16.5. The first-order valence-electron chi connectivity index (χ1n) is 15.2. The predicted molar refractivity (Wildman–Crippen MR) is 178 cm³/mol. The molecule has 4 heterocycles. The first kappa shape index (κ1) is 26.7. The molecule has 5 nitrogen and oxygen atoms in total. The molecule has 0 radical (unpaired) electrons. The van der Waals surface area contributed by atoms with Gasteiger partial charge in [0.1, 0.15) is 28.7 Å². The fourth-order valence-corrected chi connectivity index (χ4v) is 6.62. The number of aromatic nitrogens is 3. The van der Waals surface area contributed by atoms with Crippen molar-refractivity contribution < 1.29 is 9.15 Å². The molecule has 0 saturated carbocycles. The minimum Gasteiger partial charge on any atom is -0.459 e. The summed E-state index contributed by atoms with van der Waals surface area (Å²) in [5.41, 5.74) is 9.66. The van der Waals surface area contributed by atoms with E-state index in [-0.39, 0.29) is 10.8 Å². The molecule has 4 aromatic heterocycles. The van der Waals surface area contributed by atoms with Crippen molar-refractivity contribution in [1.82, 2.24) is 14.5 Å². The molecule has 8 rings (SSSR count). The third-order valence-electron chi connectivity index (χ3n) is 9.36. The molecule has 0 atom stereocenters. The summed E-state index contributed by atoms with van der Waals surface area (Å²) in [5, 5.41) is 3.37. The van der Waals surface area contributed by atoms with Gasteiger partial charge < -0.3 is 9.15 Å². The number of hydrogen-bond donors (Lipinski definition) is 0. The van der Waals surface area contributed by atoms with Gasteiger partial charge in [-0.25, -0.2) is 4.98 Å². The van der Waals surface area contributed by atoms with Crippen molar-refractivity contribution in [3.63, 3.8) is 0 Å². The fourth-order valence-electron chi connectivity index (χ4n) is 6.62. The van der Waals surface area contributed by atoms with Gasteiger partial charge in [0, 0.05) is 34.6 Å². The Kier molecular flexibility index (Phi) is 5.50. The van der Waals surface area contributed by atoms with Crippen LogP contribution in [0.1, 0.15) is 62.6 Å². The minimum atomic E-state index is -0.278. The van der Waals surface area contributed by atoms with Crippen LogP contribution in [-0.2, 0) is 10.8 Å². The molecule has 0 fully saturated rings. The summed E-state index contributed by atoms with van der Waals surface area (Å²) in [7, 11) is 0. The van der Waals surface area contributed by atoms with Gasteiger partial charge in [0.15, 0.2) is 0 Å². The molecule has 0 aliphatic heterocycles. The lowest BCUT2D eigenvalue weighted by atomic mass is 9.82. The molecule has 0 N–H and O–H groups in total. The van der Waals surface area contributed by atoms with E-state index < -0.39 is 0 Å². The van der Waals surface area contributed by atoms with E-state index in [2.05, 4.69) is 108 Å². The normalized spacial score (nSPS) is 14.0. The number of hydrogen-bond acceptors (Lipinski definition) is 4. The zero-order chi connectivity index (χ0) is 30.5. The Bertz CT molecular complexity index is 2300. The van der Waals surface area contributed by atoms with Gasteiger partial charge in [-0.1, -0.05) is 45.0 Å². The number of fused-ring (bicyclic) bond motifs is 8. The molecule has 0 saturated heterocycles.